The predicted molar refractivity (Wildman–Crippen MR) is 150 cm³/mol. The summed E-state index contributed by atoms with van der Waals surface area (Å²) in [5.74, 6) is -3.08. The maximum atomic E-state index is 12.1. The lowest BCUT2D eigenvalue weighted by atomic mass is 10.2. The molecular weight excluding hydrogens is 552 g/mol. The number of carbonyl (C=O) groups excluding carboxylic acids is 5. The van der Waals surface area contributed by atoms with Crippen LogP contribution in [0.3, 0.4) is 0 Å². The van der Waals surface area contributed by atoms with Gasteiger partial charge in [-0.1, -0.05) is 18.2 Å². The lowest BCUT2D eigenvalue weighted by Crippen LogP contribution is -2.33. The van der Waals surface area contributed by atoms with Gasteiger partial charge in [-0.15, -0.1) is 0 Å². The van der Waals surface area contributed by atoms with Crippen molar-refractivity contribution >= 4 is 35.8 Å². The molecule has 0 aromatic carbocycles. The second-order valence-corrected chi connectivity index (χ2v) is 9.29. The second kappa shape index (κ2) is 21.9. The number of amides is 5. The largest absolute Gasteiger partial charge is 0.379 e. The number of hydrogen-bond donors (Lipinski definition) is 6. The standard InChI is InChI=1S/C27H42N6O9/c34-22-10-14-26(38)32(41)20-8-3-6-18-30-24(36)12-15-27(39)33(42)21-9-2-5-17-29-23(35)11-13-25(37)31(40)19-7-1-4-16-28-22/h1,4,9,12,15,17,21-22,28,34,40-42H,2-3,5-8,10-11,13-14,16,18-20H2,(H,30,36)/b4-1+,15-12+,21-9+,29-17?/t22-/m1/s1. The van der Waals surface area contributed by atoms with E-state index in [1.165, 1.54) is 12.3 Å². The van der Waals surface area contributed by atoms with Gasteiger partial charge in [0.05, 0.1) is 6.54 Å². The van der Waals surface area contributed by atoms with Crippen LogP contribution in [-0.2, 0) is 24.0 Å². The van der Waals surface area contributed by atoms with Gasteiger partial charge < -0.3 is 10.4 Å². The van der Waals surface area contributed by atoms with Crippen molar-refractivity contribution < 1.29 is 44.7 Å². The fourth-order valence-corrected chi connectivity index (χ4v) is 3.39. The molecule has 0 aliphatic carbocycles. The van der Waals surface area contributed by atoms with Gasteiger partial charge >= 0.3 is 0 Å². The third kappa shape index (κ3) is 17.8. The molecule has 0 unspecified atom stereocenters. The van der Waals surface area contributed by atoms with Gasteiger partial charge in [0.1, 0.15) is 6.23 Å². The highest BCUT2D eigenvalue weighted by Crippen LogP contribution is 2.03. The number of aliphatic hydroxyl groups excluding tert-OH is 1. The van der Waals surface area contributed by atoms with Gasteiger partial charge in [-0.2, -0.15) is 5.06 Å². The van der Waals surface area contributed by atoms with Gasteiger partial charge in [0.15, 0.2) is 0 Å². The van der Waals surface area contributed by atoms with Crippen molar-refractivity contribution in [3.63, 3.8) is 0 Å². The molecule has 0 bridgehead atoms. The Morgan fingerprint density at radius 2 is 1.52 bits per heavy atom. The average molecular weight is 595 g/mol. The second-order valence-electron chi connectivity index (χ2n) is 9.29. The van der Waals surface area contributed by atoms with E-state index in [1.54, 1.807) is 12.2 Å². The van der Waals surface area contributed by atoms with Gasteiger partial charge in [-0.25, -0.2) is 15.1 Å². The molecule has 1 rings (SSSR count). The molecule has 1 heterocycles. The number of nitrogens with zero attached hydrogens (tertiary/aromatic N) is 4. The van der Waals surface area contributed by atoms with Gasteiger partial charge in [0, 0.05) is 63.5 Å². The third-order valence-electron chi connectivity index (χ3n) is 5.80. The first-order valence-corrected chi connectivity index (χ1v) is 13.8. The van der Waals surface area contributed by atoms with Crippen LogP contribution in [0.2, 0.25) is 0 Å². The predicted octanol–water partition coefficient (Wildman–Crippen LogP) is 0.802. The Bertz CT molecular complexity index is 999. The highest BCUT2D eigenvalue weighted by molar-refractivity contribution is 5.96. The Kier molecular flexibility index (Phi) is 18.9. The van der Waals surface area contributed by atoms with Crippen LogP contribution in [0.15, 0.2) is 41.6 Å². The van der Waals surface area contributed by atoms with Gasteiger partial charge in [0.25, 0.3) is 5.91 Å². The first-order valence-electron chi connectivity index (χ1n) is 13.8. The Balaban J connectivity index is 2.64. The summed E-state index contributed by atoms with van der Waals surface area (Å²) in [6.07, 6.45) is 10.5. The monoisotopic (exact) mass is 594 g/mol. The highest BCUT2D eigenvalue weighted by Gasteiger charge is 2.14. The number of aliphatic imine (C=N–C) groups is 1. The number of hydrogen-bond acceptors (Lipinski definition) is 10. The molecule has 0 spiro atoms. The van der Waals surface area contributed by atoms with Crippen molar-refractivity contribution in [1.29, 1.82) is 0 Å². The average Bonchev–Trinajstić information content (AvgIpc) is 2.97. The van der Waals surface area contributed by atoms with E-state index >= 15 is 0 Å². The Hall–Kier alpha value is -3.76. The maximum absolute atomic E-state index is 12.1. The van der Waals surface area contributed by atoms with Gasteiger partial charge in [0.2, 0.25) is 23.6 Å². The minimum absolute atomic E-state index is 0.00943. The van der Waals surface area contributed by atoms with E-state index < -0.39 is 35.8 Å². The molecule has 15 heteroatoms. The third-order valence-corrected chi connectivity index (χ3v) is 5.80. The summed E-state index contributed by atoms with van der Waals surface area (Å²) in [5.41, 5.74) is 0. The first-order chi connectivity index (χ1) is 20.1. The SMILES string of the molecule is O=C1CCC(=O)N(O)CC/C=C/CN[C@H](O)CCC(=O)N(O)CCCCCNC(=O)/C=C/C(=O)N(O)/C=C/CCC=N1. The fraction of sp³-hybridized carbons (Fsp3) is 0.556. The van der Waals surface area contributed by atoms with E-state index in [2.05, 4.69) is 15.6 Å². The minimum Gasteiger partial charge on any atom is -0.379 e. The van der Waals surface area contributed by atoms with Crippen molar-refractivity contribution in [3.8, 4) is 0 Å². The van der Waals surface area contributed by atoms with Crippen LogP contribution in [0, 0.1) is 0 Å². The number of hydroxylamine groups is 6. The summed E-state index contributed by atoms with van der Waals surface area (Å²) in [7, 11) is 0. The van der Waals surface area contributed by atoms with E-state index in [0.29, 0.717) is 60.3 Å². The molecule has 0 saturated carbocycles. The summed E-state index contributed by atoms with van der Waals surface area (Å²) in [6, 6.07) is 0. The van der Waals surface area contributed by atoms with Crippen molar-refractivity contribution in [2.24, 2.45) is 4.99 Å². The maximum Gasteiger partial charge on any atom is 0.274 e. The van der Waals surface area contributed by atoms with E-state index in [9.17, 15) is 44.7 Å². The Morgan fingerprint density at radius 1 is 0.786 bits per heavy atom. The van der Waals surface area contributed by atoms with Gasteiger partial charge in [-0.05, 0) is 44.9 Å². The summed E-state index contributed by atoms with van der Waals surface area (Å²) < 4.78 is 0. The Morgan fingerprint density at radius 3 is 2.31 bits per heavy atom. The van der Waals surface area contributed by atoms with E-state index in [-0.39, 0.29) is 45.3 Å². The fourth-order valence-electron chi connectivity index (χ4n) is 3.39. The van der Waals surface area contributed by atoms with Crippen LogP contribution in [0.25, 0.3) is 0 Å². The number of allylic oxidation sites excluding steroid dienone is 1. The van der Waals surface area contributed by atoms with Crippen molar-refractivity contribution in [3.05, 3.63) is 36.6 Å². The molecule has 234 valence electrons. The number of rotatable bonds is 0. The zero-order chi connectivity index (χ0) is 31.2. The lowest BCUT2D eigenvalue weighted by molar-refractivity contribution is -0.166. The highest BCUT2D eigenvalue weighted by atomic mass is 16.5. The topological polar surface area (TPSA) is 212 Å². The summed E-state index contributed by atoms with van der Waals surface area (Å²) in [6.45, 7) is 0.696. The molecule has 6 N–H and O–H groups in total. The molecule has 0 radical (unpaired) electrons. The van der Waals surface area contributed by atoms with Crippen LogP contribution >= 0.6 is 0 Å². The Labute approximate surface area is 244 Å². The van der Waals surface area contributed by atoms with Crippen LogP contribution in [0.1, 0.15) is 64.2 Å². The zero-order valence-corrected chi connectivity index (χ0v) is 23.6. The number of nitrogens with one attached hydrogen (secondary N) is 2. The van der Waals surface area contributed by atoms with Crippen molar-refractivity contribution in [2.75, 3.05) is 26.2 Å². The molecule has 1 aliphatic rings. The molecule has 0 fully saturated rings. The first kappa shape index (κ1) is 36.3. The van der Waals surface area contributed by atoms with Crippen molar-refractivity contribution in [2.45, 2.75) is 70.4 Å². The van der Waals surface area contributed by atoms with Gasteiger partial charge in [-0.3, -0.25) is 44.9 Å². The molecule has 1 aliphatic heterocycles. The van der Waals surface area contributed by atoms with Crippen LogP contribution in [0.5, 0.6) is 0 Å². The van der Waals surface area contributed by atoms with Crippen LogP contribution in [-0.4, -0.2) is 104 Å². The summed E-state index contributed by atoms with van der Waals surface area (Å²) >= 11 is 0. The quantitative estimate of drug-likeness (QED) is 0.171. The molecule has 0 saturated heterocycles. The number of carbonyl (C=O) groups is 5. The summed E-state index contributed by atoms with van der Waals surface area (Å²) in [4.78, 5) is 63.3. The van der Waals surface area contributed by atoms with Crippen molar-refractivity contribution in [1.82, 2.24) is 25.8 Å². The molecule has 0 aromatic rings. The molecule has 5 amide bonds. The van der Waals surface area contributed by atoms with Crippen LogP contribution < -0.4 is 10.6 Å². The lowest BCUT2D eigenvalue weighted by Gasteiger charge is -2.16. The smallest absolute Gasteiger partial charge is 0.274 e. The molecule has 15 nitrogen and oxygen atoms in total. The zero-order valence-electron chi connectivity index (χ0n) is 23.6. The minimum atomic E-state index is -0.980. The van der Waals surface area contributed by atoms with E-state index in [0.717, 1.165) is 18.4 Å². The van der Waals surface area contributed by atoms with Crippen LogP contribution in [0.4, 0.5) is 0 Å². The van der Waals surface area contributed by atoms with E-state index in [1.807, 2.05) is 0 Å². The normalized spacial score (nSPS) is 24.2. The van der Waals surface area contributed by atoms with E-state index in [4.69, 9.17) is 0 Å². The summed E-state index contributed by atoms with van der Waals surface area (Å²) in [5, 5.41) is 46.2. The molecular formula is C27H42N6O9. The molecule has 42 heavy (non-hydrogen) atoms. The molecule has 1 atom stereocenters. The molecule has 0 aromatic heterocycles. The number of aliphatic hydroxyl groups is 1.